The van der Waals surface area contributed by atoms with E-state index in [1.54, 1.807) is 79.8 Å². The fourth-order valence-electron chi connectivity index (χ4n) is 4.40. The summed E-state index contributed by atoms with van der Waals surface area (Å²) in [6.07, 6.45) is 3.89. The predicted octanol–water partition coefficient (Wildman–Crippen LogP) is 8.02. The van der Waals surface area contributed by atoms with Crippen LogP contribution in [0.25, 0.3) is 0 Å². The van der Waals surface area contributed by atoms with Crippen LogP contribution in [0.3, 0.4) is 0 Å². The summed E-state index contributed by atoms with van der Waals surface area (Å²) < 4.78 is 16.6. The average Bonchev–Trinajstić information content (AvgIpc) is 3.09. The standard InChI is InChI=1S/C37H31N5O6/c1-4-24-7-5-8-28(19-24)40-35(43)25-20-29(39-3)22-30(21-25)42-37(45)48-34-10-6-9-33(23-34)47-36(44)41-27-13-17-32(18-14-27)46-31-15-11-26(38-2)12-16-31/h1,5-23,38-39H,2-3H3,(H,40,43)(H,41,44)(H,42,45). The van der Waals surface area contributed by atoms with Crippen molar-refractivity contribution in [2.75, 3.05) is 40.7 Å². The topological polar surface area (TPSA) is 139 Å². The first-order valence-corrected chi connectivity index (χ1v) is 14.6. The van der Waals surface area contributed by atoms with Gasteiger partial charge in [0, 0.05) is 59.7 Å². The third-order valence-electron chi connectivity index (χ3n) is 6.72. The summed E-state index contributed by atoms with van der Waals surface area (Å²) in [5.41, 5.74) is 3.79. The Bertz CT molecular complexity index is 1970. The van der Waals surface area contributed by atoms with E-state index in [4.69, 9.17) is 20.6 Å². The molecule has 0 fully saturated rings. The molecule has 0 saturated carbocycles. The molecule has 11 nitrogen and oxygen atoms in total. The van der Waals surface area contributed by atoms with Gasteiger partial charge in [0.15, 0.2) is 0 Å². The van der Waals surface area contributed by atoms with Gasteiger partial charge in [-0.3, -0.25) is 15.4 Å². The summed E-state index contributed by atoms with van der Waals surface area (Å²) in [6, 6.07) is 32.0. The molecule has 0 aromatic heterocycles. The molecular weight excluding hydrogens is 610 g/mol. The second-order valence-corrected chi connectivity index (χ2v) is 10.1. The van der Waals surface area contributed by atoms with Crippen molar-refractivity contribution in [3.63, 3.8) is 0 Å². The number of ether oxygens (including phenoxy) is 3. The lowest BCUT2D eigenvalue weighted by Crippen LogP contribution is -2.19. The van der Waals surface area contributed by atoms with Crippen molar-refractivity contribution in [3.8, 4) is 35.3 Å². The van der Waals surface area contributed by atoms with Crippen molar-refractivity contribution in [3.05, 3.63) is 126 Å². The van der Waals surface area contributed by atoms with Gasteiger partial charge in [-0.15, -0.1) is 6.42 Å². The zero-order valence-corrected chi connectivity index (χ0v) is 26.0. The maximum Gasteiger partial charge on any atom is 0.417 e. The van der Waals surface area contributed by atoms with E-state index in [2.05, 4.69) is 32.5 Å². The quantitative estimate of drug-likeness (QED) is 0.0967. The molecule has 0 bridgehead atoms. The van der Waals surface area contributed by atoms with Gasteiger partial charge in [0.25, 0.3) is 5.91 Å². The van der Waals surface area contributed by atoms with Crippen molar-refractivity contribution >= 4 is 46.5 Å². The number of carbonyl (C=O) groups is 3. The zero-order chi connectivity index (χ0) is 33.9. The van der Waals surface area contributed by atoms with Crippen molar-refractivity contribution < 1.29 is 28.6 Å². The van der Waals surface area contributed by atoms with Crippen LogP contribution in [-0.4, -0.2) is 32.2 Å². The predicted molar refractivity (Wildman–Crippen MR) is 187 cm³/mol. The average molecular weight is 642 g/mol. The first-order valence-electron chi connectivity index (χ1n) is 14.6. The summed E-state index contributed by atoms with van der Waals surface area (Å²) >= 11 is 0. The summed E-state index contributed by atoms with van der Waals surface area (Å²) in [7, 11) is 3.53. The molecule has 5 aromatic rings. The molecule has 5 rings (SSSR count). The van der Waals surface area contributed by atoms with E-state index in [1.807, 2.05) is 31.3 Å². The van der Waals surface area contributed by atoms with E-state index in [9.17, 15) is 14.4 Å². The van der Waals surface area contributed by atoms with Gasteiger partial charge < -0.3 is 30.2 Å². The van der Waals surface area contributed by atoms with Gasteiger partial charge in [-0.25, -0.2) is 9.59 Å². The Kier molecular flexibility index (Phi) is 10.4. The minimum atomic E-state index is -0.821. The molecule has 0 aliphatic rings. The molecule has 5 N–H and O–H groups in total. The van der Waals surface area contributed by atoms with Crippen LogP contribution in [0.2, 0.25) is 0 Å². The molecule has 0 aliphatic carbocycles. The normalized spacial score (nSPS) is 10.1. The van der Waals surface area contributed by atoms with Crippen LogP contribution < -0.4 is 40.8 Å². The van der Waals surface area contributed by atoms with E-state index in [0.717, 1.165) is 5.69 Å². The van der Waals surface area contributed by atoms with Gasteiger partial charge in [0.05, 0.1) is 0 Å². The van der Waals surface area contributed by atoms with Crippen molar-refractivity contribution in [1.82, 2.24) is 0 Å². The number of carbonyl (C=O) groups excluding carboxylic acids is 3. The number of rotatable bonds is 10. The fourth-order valence-corrected chi connectivity index (χ4v) is 4.40. The van der Waals surface area contributed by atoms with Crippen LogP contribution in [0.15, 0.2) is 115 Å². The molecule has 0 spiro atoms. The first-order chi connectivity index (χ1) is 23.3. The molecule has 0 unspecified atom stereocenters. The lowest BCUT2D eigenvalue weighted by molar-refractivity contribution is 0.102. The minimum absolute atomic E-state index is 0.123. The Hall–Kier alpha value is -6.93. The highest BCUT2D eigenvalue weighted by atomic mass is 16.6. The Labute approximate surface area is 277 Å². The van der Waals surface area contributed by atoms with Gasteiger partial charge in [0.2, 0.25) is 0 Å². The number of amides is 3. The maximum absolute atomic E-state index is 13.0. The third kappa shape index (κ3) is 9.06. The van der Waals surface area contributed by atoms with Gasteiger partial charge >= 0.3 is 12.2 Å². The molecular formula is C37H31N5O6. The third-order valence-corrected chi connectivity index (χ3v) is 6.72. The molecule has 0 atom stereocenters. The lowest BCUT2D eigenvalue weighted by Gasteiger charge is -2.12. The Morgan fingerprint density at radius 2 is 1.10 bits per heavy atom. The largest absolute Gasteiger partial charge is 0.457 e. The highest BCUT2D eigenvalue weighted by Gasteiger charge is 2.13. The molecule has 5 aromatic carbocycles. The maximum atomic E-state index is 13.0. The number of anilines is 5. The molecule has 0 heterocycles. The van der Waals surface area contributed by atoms with Gasteiger partial charge in [-0.2, -0.15) is 0 Å². The molecule has 3 amide bonds. The van der Waals surface area contributed by atoms with Crippen LogP contribution in [0, 0.1) is 12.3 Å². The van der Waals surface area contributed by atoms with E-state index in [-0.39, 0.29) is 17.1 Å². The number of hydrogen-bond donors (Lipinski definition) is 5. The Morgan fingerprint density at radius 3 is 1.71 bits per heavy atom. The van der Waals surface area contributed by atoms with Gasteiger partial charge in [-0.1, -0.05) is 18.1 Å². The number of terminal acetylenes is 1. The monoisotopic (exact) mass is 641 g/mol. The zero-order valence-electron chi connectivity index (χ0n) is 26.0. The molecule has 11 heteroatoms. The minimum Gasteiger partial charge on any atom is -0.457 e. The van der Waals surface area contributed by atoms with Crippen LogP contribution in [0.1, 0.15) is 15.9 Å². The summed E-state index contributed by atoms with van der Waals surface area (Å²) in [6.45, 7) is 0. The number of hydrogen-bond acceptors (Lipinski definition) is 8. The summed E-state index contributed by atoms with van der Waals surface area (Å²) in [4.78, 5) is 38.3. The van der Waals surface area contributed by atoms with Crippen LogP contribution in [0.5, 0.6) is 23.0 Å². The summed E-state index contributed by atoms with van der Waals surface area (Å²) in [5.74, 6) is 3.66. The Balaban J connectivity index is 1.15. The molecule has 240 valence electrons. The fraction of sp³-hybridized carbons (Fsp3) is 0.0541. The Morgan fingerprint density at radius 1 is 0.542 bits per heavy atom. The van der Waals surface area contributed by atoms with Crippen molar-refractivity contribution in [2.24, 2.45) is 0 Å². The van der Waals surface area contributed by atoms with Crippen LogP contribution >= 0.6 is 0 Å². The molecule has 48 heavy (non-hydrogen) atoms. The van der Waals surface area contributed by atoms with E-state index >= 15 is 0 Å². The summed E-state index contributed by atoms with van der Waals surface area (Å²) in [5, 5.41) is 14.1. The second-order valence-electron chi connectivity index (χ2n) is 10.1. The van der Waals surface area contributed by atoms with Crippen LogP contribution in [0.4, 0.5) is 38.0 Å². The van der Waals surface area contributed by atoms with Gasteiger partial charge in [-0.05, 0) is 97.1 Å². The van der Waals surface area contributed by atoms with Crippen molar-refractivity contribution in [2.45, 2.75) is 0 Å². The molecule has 0 aliphatic heterocycles. The smallest absolute Gasteiger partial charge is 0.417 e. The molecule has 0 radical (unpaired) electrons. The van der Waals surface area contributed by atoms with E-state index in [1.165, 1.54) is 18.2 Å². The highest BCUT2D eigenvalue weighted by Crippen LogP contribution is 2.26. The highest BCUT2D eigenvalue weighted by molar-refractivity contribution is 6.06. The van der Waals surface area contributed by atoms with Crippen LogP contribution in [-0.2, 0) is 0 Å². The van der Waals surface area contributed by atoms with Crippen molar-refractivity contribution in [1.29, 1.82) is 0 Å². The lowest BCUT2D eigenvalue weighted by atomic mass is 10.1. The van der Waals surface area contributed by atoms with E-state index < -0.39 is 18.1 Å². The number of nitrogens with one attached hydrogen (secondary N) is 5. The number of benzene rings is 5. The SMILES string of the molecule is C#Cc1cccc(NC(=O)c2cc(NC)cc(NC(=O)Oc3cccc(OC(=O)Nc4ccc(Oc5ccc(NC)cc5)cc4)c3)c2)c1. The first kappa shape index (κ1) is 32.5. The van der Waals surface area contributed by atoms with Gasteiger partial charge in [0.1, 0.15) is 23.0 Å². The van der Waals surface area contributed by atoms with E-state index in [0.29, 0.717) is 39.8 Å². The molecule has 0 saturated heterocycles. The second kappa shape index (κ2) is 15.4.